The van der Waals surface area contributed by atoms with Crippen LogP contribution >= 0.6 is 0 Å². The Kier molecular flexibility index (Phi) is 4.03. The fourth-order valence-electron chi connectivity index (χ4n) is 2.03. The zero-order chi connectivity index (χ0) is 16.1. The highest BCUT2D eigenvalue weighted by atomic mass is 16.2. The molecule has 0 unspecified atom stereocenters. The molecular formula is C17H13N5O. The number of amides is 2. The van der Waals surface area contributed by atoms with Crippen molar-refractivity contribution in [2.75, 3.05) is 10.6 Å². The molecule has 112 valence electrons. The number of carbonyl (C=O) groups excluding carboxylic acids is 1. The van der Waals surface area contributed by atoms with Gasteiger partial charge in [-0.25, -0.2) is 9.48 Å². The number of hydrogen-bond acceptors (Lipinski definition) is 3. The van der Waals surface area contributed by atoms with E-state index in [0.717, 1.165) is 5.69 Å². The lowest BCUT2D eigenvalue weighted by Gasteiger charge is -2.05. The monoisotopic (exact) mass is 303 g/mol. The molecule has 1 aromatic heterocycles. The van der Waals surface area contributed by atoms with E-state index in [9.17, 15) is 4.79 Å². The maximum atomic E-state index is 12.0. The molecule has 0 aliphatic carbocycles. The number of hydrogen-bond donors (Lipinski definition) is 2. The van der Waals surface area contributed by atoms with Crippen molar-refractivity contribution in [3.05, 3.63) is 72.6 Å². The number of benzene rings is 2. The Morgan fingerprint density at radius 3 is 2.39 bits per heavy atom. The van der Waals surface area contributed by atoms with E-state index in [1.807, 2.05) is 36.4 Å². The second-order valence-corrected chi connectivity index (χ2v) is 4.78. The van der Waals surface area contributed by atoms with E-state index in [4.69, 9.17) is 5.26 Å². The molecule has 0 atom stereocenters. The summed E-state index contributed by atoms with van der Waals surface area (Å²) < 4.78 is 1.68. The second-order valence-electron chi connectivity index (χ2n) is 4.78. The molecule has 3 rings (SSSR count). The third-order valence-electron chi connectivity index (χ3n) is 3.13. The summed E-state index contributed by atoms with van der Waals surface area (Å²) in [4.78, 5) is 12.0. The van der Waals surface area contributed by atoms with Crippen LogP contribution in [0.25, 0.3) is 5.69 Å². The Bertz CT molecular complexity index is 847. The molecule has 1 heterocycles. The lowest BCUT2D eigenvalue weighted by atomic mass is 10.2. The quantitative estimate of drug-likeness (QED) is 0.778. The fraction of sp³-hybridized carbons (Fsp3) is 0. The Morgan fingerprint density at radius 1 is 1.00 bits per heavy atom. The van der Waals surface area contributed by atoms with Gasteiger partial charge in [0, 0.05) is 5.69 Å². The van der Waals surface area contributed by atoms with Crippen LogP contribution in [0.2, 0.25) is 0 Å². The number of para-hydroxylation sites is 1. The van der Waals surface area contributed by atoms with Crippen LogP contribution in [0.1, 0.15) is 5.56 Å². The minimum absolute atomic E-state index is 0.373. The molecule has 0 aliphatic heterocycles. The highest BCUT2D eigenvalue weighted by Crippen LogP contribution is 2.13. The number of nitrogens with zero attached hydrogens (tertiary/aromatic N) is 3. The van der Waals surface area contributed by atoms with Gasteiger partial charge in [0.15, 0.2) is 0 Å². The first kappa shape index (κ1) is 14.4. The summed E-state index contributed by atoms with van der Waals surface area (Å²) in [7, 11) is 0. The predicted molar refractivity (Wildman–Crippen MR) is 87.4 cm³/mol. The molecular weight excluding hydrogens is 290 g/mol. The van der Waals surface area contributed by atoms with Crippen molar-refractivity contribution in [1.29, 1.82) is 5.26 Å². The summed E-state index contributed by atoms with van der Waals surface area (Å²) >= 11 is 0. The molecule has 2 N–H and O–H groups in total. The van der Waals surface area contributed by atoms with Gasteiger partial charge in [-0.1, -0.05) is 18.2 Å². The summed E-state index contributed by atoms with van der Waals surface area (Å²) in [5, 5.41) is 18.4. The summed E-state index contributed by atoms with van der Waals surface area (Å²) in [6.45, 7) is 0. The van der Waals surface area contributed by atoms with Crippen LogP contribution in [-0.2, 0) is 0 Å². The molecule has 0 saturated carbocycles. The van der Waals surface area contributed by atoms with Gasteiger partial charge in [-0.05, 0) is 36.4 Å². The third-order valence-corrected chi connectivity index (χ3v) is 3.13. The van der Waals surface area contributed by atoms with Gasteiger partial charge in [0.2, 0.25) is 0 Å². The molecule has 2 aromatic carbocycles. The van der Waals surface area contributed by atoms with Gasteiger partial charge in [0.25, 0.3) is 0 Å². The van der Waals surface area contributed by atoms with E-state index >= 15 is 0 Å². The largest absolute Gasteiger partial charge is 0.323 e. The van der Waals surface area contributed by atoms with Crippen LogP contribution in [0, 0.1) is 11.3 Å². The van der Waals surface area contributed by atoms with Crippen LogP contribution in [0.15, 0.2) is 67.0 Å². The normalized spacial score (nSPS) is 9.87. The van der Waals surface area contributed by atoms with E-state index in [2.05, 4.69) is 15.7 Å². The second kappa shape index (κ2) is 6.45. The molecule has 0 aliphatic rings. The van der Waals surface area contributed by atoms with Crippen LogP contribution in [0.4, 0.5) is 16.2 Å². The molecule has 0 spiro atoms. The molecule has 23 heavy (non-hydrogen) atoms. The highest BCUT2D eigenvalue weighted by molar-refractivity contribution is 5.99. The number of rotatable bonds is 3. The number of anilines is 2. The first-order chi connectivity index (χ1) is 11.2. The van der Waals surface area contributed by atoms with Crippen molar-refractivity contribution in [2.45, 2.75) is 0 Å². The lowest BCUT2D eigenvalue weighted by Crippen LogP contribution is -2.19. The topological polar surface area (TPSA) is 82.7 Å². The number of nitriles is 1. The molecule has 3 aromatic rings. The Balaban J connectivity index is 1.64. The zero-order valence-electron chi connectivity index (χ0n) is 12.1. The fourth-order valence-corrected chi connectivity index (χ4v) is 2.03. The van der Waals surface area contributed by atoms with Gasteiger partial charge in [-0.2, -0.15) is 10.4 Å². The van der Waals surface area contributed by atoms with Gasteiger partial charge in [-0.15, -0.1) is 0 Å². The molecule has 6 nitrogen and oxygen atoms in total. The van der Waals surface area contributed by atoms with Crippen molar-refractivity contribution in [1.82, 2.24) is 9.78 Å². The standard InChI is InChI=1S/C17H13N5O/c18-10-13-6-8-14(9-7-13)20-17(23)21-15-11-19-22(12-15)16-4-2-1-3-5-16/h1-9,11-12H,(H2,20,21,23). The Labute approximate surface area is 133 Å². The molecule has 0 bridgehead atoms. The number of nitrogens with one attached hydrogen (secondary N) is 2. The van der Waals surface area contributed by atoms with Crippen molar-refractivity contribution < 1.29 is 4.79 Å². The van der Waals surface area contributed by atoms with Crippen molar-refractivity contribution in [3.8, 4) is 11.8 Å². The summed E-state index contributed by atoms with van der Waals surface area (Å²) in [6, 6.07) is 17.9. The number of aromatic nitrogens is 2. The summed E-state index contributed by atoms with van der Waals surface area (Å²) in [5.41, 5.74) is 2.64. The van der Waals surface area contributed by atoms with Crippen molar-refractivity contribution in [3.63, 3.8) is 0 Å². The van der Waals surface area contributed by atoms with Gasteiger partial charge in [-0.3, -0.25) is 0 Å². The number of urea groups is 1. The van der Waals surface area contributed by atoms with E-state index in [-0.39, 0.29) is 6.03 Å². The molecule has 0 radical (unpaired) electrons. The smallest absolute Gasteiger partial charge is 0.308 e. The number of carbonyl (C=O) groups is 1. The predicted octanol–water partition coefficient (Wildman–Crippen LogP) is 3.39. The van der Waals surface area contributed by atoms with Gasteiger partial charge in [0.05, 0.1) is 35.4 Å². The van der Waals surface area contributed by atoms with E-state index in [1.165, 1.54) is 0 Å². The van der Waals surface area contributed by atoms with Crippen LogP contribution in [0.3, 0.4) is 0 Å². The van der Waals surface area contributed by atoms with Gasteiger partial charge in [0.1, 0.15) is 0 Å². The first-order valence-electron chi connectivity index (χ1n) is 6.93. The lowest BCUT2D eigenvalue weighted by molar-refractivity contribution is 0.262. The maximum absolute atomic E-state index is 12.0. The average Bonchev–Trinajstić information content (AvgIpc) is 3.04. The van der Waals surface area contributed by atoms with Crippen LogP contribution in [-0.4, -0.2) is 15.8 Å². The minimum Gasteiger partial charge on any atom is -0.308 e. The summed E-state index contributed by atoms with van der Waals surface area (Å²) in [5.74, 6) is 0. The molecule has 6 heteroatoms. The molecule has 2 amide bonds. The summed E-state index contributed by atoms with van der Waals surface area (Å²) in [6.07, 6.45) is 3.30. The van der Waals surface area contributed by atoms with Gasteiger partial charge >= 0.3 is 6.03 Å². The molecule has 0 fully saturated rings. The third kappa shape index (κ3) is 3.54. The van der Waals surface area contributed by atoms with E-state index in [1.54, 1.807) is 41.3 Å². The van der Waals surface area contributed by atoms with E-state index < -0.39 is 0 Å². The first-order valence-corrected chi connectivity index (χ1v) is 6.93. The van der Waals surface area contributed by atoms with Crippen LogP contribution in [0.5, 0.6) is 0 Å². The van der Waals surface area contributed by atoms with Crippen molar-refractivity contribution in [2.24, 2.45) is 0 Å². The SMILES string of the molecule is N#Cc1ccc(NC(=O)Nc2cnn(-c3ccccc3)c2)cc1. The zero-order valence-corrected chi connectivity index (χ0v) is 12.1. The van der Waals surface area contributed by atoms with Crippen LogP contribution < -0.4 is 10.6 Å². The molecule has 0 saturated heterocycles. The van der Waals surface area contributed by atoms with Gasteiger partial charge < -0.3 is 10.6 Å². The minimum atomic E-state index is -0.373. The Hall–Kier alpha value is -3.59. The Morgan fingerprint density at radius 2 is 1.70 bits per heavy atom. The van der Waals surface area contributed by atoms with E-state index in [0.29, 0.717) is 16.9 Å². The average molecular weight is 303 g/mol. The van der Waals surface area contributed by atoms with Crippen molar-refractivity contribution >= 4 is 17.4 Å². The maximum Gasteiger partial charge on any atom is 0.323 e. The highest BCUT2D eigenvalue weighted by Gasteiger charge is 2.05.